The summed E-state index contributed by atoms with van der Waals surface area (Å²) in [6.45, 7) is 6.41. The van der Waals surface area contributed by atoms with E-state index in [2.05, 4.69) is 22.2 Å². The molecule has 140 valence electrons. The monoisotopic (exact) mass is 374 g/mol. The third kappa shape index (κ3) is 5.05. The second-order valence-electron chi connectivity index (χ2n) is 6.57. The van der Waals surface area contributed by atoms with Gasteiger partial charge in [0.05, 0.1) is 12.3 Å². The molecule has 0 N–H and O–H groups in total. The number of likely N-dealkylation sites (tertiary alicyclic amines) is 1. The van der Waals surface area contributed by atoms with Gasteiger partial charge in [0.2, 0.25) is 0 Å². The molecule has 1 aromatic carbocycles. The van der Waals surface area contributed by atoms with Crippen molar-refractivity contribution in [1.82, 2.24) is 9.88 Å². The number of aryl methyl sites for hydroxylation is 1. The average Bonchev–Trinajstić information content (AvgIpc) is 3.09. The Balaban J connectivity index is 1.56. The number of esters is 1. The Morgan fingerprint density at radius 1 is 1.31 bits per heavy atom. The lowest BCUT2D eigenvalue weighted by atomic mass is 10.0. The van der Waals surface area contributed by atoms with Gasteiger partial charge in [-0.2, -0.15) is 0 Å². The van der Waals surface area contributed by atoms with Crippen LogP contribution in [0.2, 0.25) is 0 Å². The van der Waals surface area contributed by atoms with Gasteiger partial charge in [-0.1, -0.05) is 24.1 Å². The van der Waals surface area contributed by atoms with Gasteiger partial charge in [-0.15, -0.1) is 11.3 Å². The summed E-state index contributed by atoms with van der Waals surface area (Å²) >= 11 is 1.60. The number of benzene rings is 1. The van der Waals surface area contributed by atoms with Gasteiger partial charge in [0.25, 0.3) is 0 Å². The van der Waals surface area contributed by atoms with Gasteiger partial charge in [-0.05, 0) is 45.4 Å². The molecule has 5 nitrogen and oxygen atoms in total. The average molecular weight is 375 g/mol. The number of carbonyl (C=O) groups is 1. The molecule has 1 atom stereocenters. The Bertz CT molecular complexity index is 714. The third-order valence-electron chi connectivity index (χ3n) is 4.52. The quantitative estimate of drug-likeness (QED) is 0.687. The molecule has 1 aliphatic heterocycles. The molecule has 0 saturated carbocycles. The first-order chi connectivity index (χ1) is 12.7. The Kier molecular flexibility index (Phi) is 6.63. The number of hydrogen-bond acceptors (Lipinski definition) is 6. The van der Waals surface area contributed by atoms with Gasteiger partial charge in [0, 0.05) is 11.9 Å². The van der Waals surface area contributed by atoms with Crippen LogP contribution < -0.4 is 4.74 Å². The van der Waals surface area contributed by atoms with Crippen molar-refractivity contribution >= 4 is 17.3 Å². The number of hydrogen-bond donors (Lipinski definition) is 0. The summed E-state index contributed by atoms with van der Waals surface area (Å²) in [7, 11) is 0. The molecular formula is C20H26N2O3S. The number of rotatable bonds is 7. The second-order valence-corrected chi connectivity index (χ2v) is 7.51. The maximum absolute atomic E-state index is 12.2. The van der Waals surface area contributed by atoms with Crippen LogP contribution >= 0.6 is 11.3 Å². The van der Waals surface area contributed by atoms with Crippen LogP contribution in [0.3, 0.4) is 0 Å². The highest BCUT2D eigenvalue weighted by Gasteiger charge is 2.30. The molecule has 26 heavy (non-hydrogen) atoms. The molecular weight excluding hydrogens is 348 g/mol. The number of piperidine rings is 1. The van der Waals surface area contributed by atoms with Crippen LogP contribution in [0.5, 0.6) is 5.75 Å². The summed E-state index contributed by atoms with van der Waals surface area (Å²) in [5, 5.41) is 3.01. The predicted molar refractivity (Wildman–Crippen MR) is 102 cm³/mol. The molecule has 1 saturated heterocycles. The summed E-state index contributed by atoms with van der Waals surface area (Å²) in [5.41, 5.74) is 2.21. The van der Waals surface area contributed by atoms with Crippen molar-refractivity contribution in [3.8, 4) is 5.75 Å². The highest BCUT2D eigenvalue weighted by Crippen LogP contribution is 2.22. The van der Waals surface area contributed by atoms with E-state index < -0.39 is 0 Å². The van der Waals surface area contributed by atoms with E-state index in [1.54, 1.807) is 11.3 Å². The molecule has 0 amide bonds. The number of carbonyl (C=O) groups excluding carboxylic acids is 1. The van der Waals surface area contributed by atoms with Crippen molar-refractivity contribution in [1.29, 1.82) is 0 Å². The van der Waals surface area contributed by atoms with E-state index in [1.807, 2.05) is 31.2 Å². The minimum absolute atomic E-state index is 0.106. The zero-order valence-electron chi connectivity index (χ0n) is 15.4. The van der Waals surface area contributed by atoms with Crippen LogP contribution in [-0.2, 0) is 22.7 Å². The zero-order valence-corrected chi connectivity index (χ0v) is 16.3. The molecule has 0 bridgehead atoms. The molecule has 0 radical (unpaired) electrons. The Morgan fingerprint density at radius 3 is 2.88 bits per heavy atom. The van der Waals surface area contributed by atoms with Crippen LogP contribution in [0.4, 0.5) is 0 Å². The first-order valence-electron chi connectivity index (χ1n) is 9.19. The molecule has 0 aliphatic carbocycles. The number of ether oxygens (including phenoxy) is 2. The highest BCUT2D eigenvalue weighted by atomic mass is 32.1. The smallest absolute Gasteiger partial charge is 0.323 e. The molecule has 1 unspecified atom stereocenters. The Labute approximate surface area is 159 Å². The van der Waals surface area contributed by atoms with Gasteiger partial charge in [0.15, 0.2) is 0 Å². The number of aromatic nitrogens is 1. The molecule has 2 aromatic rings. The van der Waals surface area contributed by atoms with E-state index in [4.69, 9.17) is 9.47 Å². The fourth-order valence-electron chi connectivity index (χ4n) is 3.16. The van der Waals surface area contributed by atoms with Gasteiger partial charge < -0.3 is 9.47 Å². The highest BCUT2D eigenvalue weighted by molar-refractivity contribution is 7.09. The first kappa shape index (κ1) is 18.9. The minimum atomic E-state index is -0.141. The van der Waals surface area contributed by atoms with Crippen LogP contribution in [0.15, 0.2) is 29.6 Å². The molecule has 6 heteroatoms. The standard InChI is InChI=1S/C20H26N2O3S/c1-3-24-20(23)18-6-4-5-11-22(18)12-16-14-26-19(21-16)13-25-17-9-7-15(2)8-10-17/h7-10,14,18H,3-6,11-13H2,1-2H3. The molecule has 2 heterocycles. The summed E-state index contributed by atoms with van der Waals surface area (Å²) in [6.07, 6.45) is 3.06. The fourth-order valence-corrected chi connectivity index (χ4v) is 3.86. The van der Waals surface area contributed by atoms with Gasteiger partial charge in [-0.3, -0.25) is 9.69 Å². The van der Waals surface area contributed by atoms with E-state index >= 15 is 0 Å². The van der Waals surface area contributed by atoms with Crippen molar-refractivity contribution in [2.24, 2.45) is 0 Å². The maximum Gasteiger partial charge on any atom is 0.323 e. The fraction of sp³-hybridized carbons (Fsp3) is 0.500. The van der Waals surface area contributed by atoms with Crippen molar-refractivity contribution in [2.75, 3.05) is 13.2 Å². The van der Waals surface area contributed by atoms with E-state index in [0.29, 0.717) is 19.8 Å². The van der Waals surface area contributed by atoms with Crippen LogP contribution in [0.1, 0.15) is 42.5 Å². The first-order valence-corrected chi connectivity index (χ1v) is 10.1. The summed E-state index contributed by atoms with van der Waals surface area (Å²) in [6, 6.07) is 7.88. The third-order valence-corrected chi connectivity index (χ3v) is 5.39. The van der Waals surface area contributed by atoms with Crippen LogP contribution in [0.25, 0.3) is 0 Å². The van der Waals surface area contributed by atoms with Crippen LogP contribution in [-0.4, -0.2) is 35.0 Å². The maximum atomic E-state index is 12.2. The summed E-state index contributed by atoms with van der Waals surface area (Å²) in [4.78, 5) is 19.1. The Hall–Kier alpha value is -1.92. The van der Waals surface area contributed by atoms with Gasteiger partial charge in [0.1, 0.15) is 23.4 Å². The van der Waals surface area contributed by atoms with E-state index in [-0.39, 0.29) is 12.0 Å². The lowest BCUT2D eigenvalue weighted by Gasteiger charge is -2.33. The summed E-state index contributed by atoms with van der Waals surface area (Å²) in [5.74, 6) is 0.746. The number of nitrogens with zero attached hydrogens (tertiary/aromatic N) is 2. The van der Waals surface area contributed by atoms with Gasteiger partial charge >= 0.3 is 5.97 Å². The molecule has 1 fully saturated rings. The van der Waals surface area contributed by atoms with Crippen molar-refractivity contribution in [2.45, 2.75) is 52.3 Å². The van der Waals surface area contributed by atoms with Gasteiger partial charge in [-0.25, -0.2) is 4.98 Å². The van der Waals surface area contributed by atoms with Crippen molar-refractivity contribution in [3.05, 3.63) is 45.9 Å². The van der Waals surface area contributed by atoms with Crippen molar-refractivity contribution < 1.29 is 14.3 Å². The van der Waals surface area contributed by atoms with E-state index in [9.17, 15) is 4.79 Å². The van der Waals surface area contributed by atoms with E-state index in [1.165, 1.54) is 5.56 Å². The normalized spacial score (nSPS) is 17.8. The summed E-state index contributed by atoms with van der Waals surface area (Å²) < 4.78 is 11.0. The molecule has 1 aliphatic rings. The predicted octanol–water partition coefficient (Wildman–Crippen LogP) is 3.95. The zero-order chi connectivity index (χ0) is 18.4. The SMILES string of the molecule is CCOC(=O)C1CCCCN1Cc1csc(COc2ccc(C)cc2)n1. The minimum Gasteiger partial charge on any atom is -0.486 e. The Morgan fingerprint density at radius 2 is 2.12 bits per heavy atom. The molecule has 3 rings (SSSR count). The molecule has 1 aromatic heterocycles. The lowest BCUT2D eigenvalue weighted by molar-refractivity contribution is -0.151. The largest absolute Gasteiger partial charge is 0.486 e. The topological polar surface area (TPSA) is 51.7 Å². The lowest BCUT2D eigenvalue weighted by Crippen LogP contribution is -2.45. The van der Waals surface area contributed by atoms with Crippen LogP contribution in [0, 0.1) is 6.92 Å². The second kappa shape index (κ2) is 9.14. The number of thiazole rings is 1. The molecule has 0 spiro atoms. The van der Waals surface area contributed by atoms with E-state index in [0.717, 1.165) is 42.3 Å². The van der Waals surface area contributed by atoms with Crippen molar-refractivity contribution in [3.63, 3.8) is 0 Å².